The number of rotatable bonds is 8. The number of ether oxygens (including phenoxy) is 2. The maximum atomic E-state index is 5.66. The average molecular weight is 240 g/mol. The minimum absolute atomic E-state index is 0.340. The zero-order valence-electron chi connectivity index (χ0n) is 10.4. The van der Waals surface area contributed by atoms with E-state index in [0.29, 0.717) is 17.4 Å². The fourth-order valence-corrected chi connectivity index (χ4v) is 1.34. The summed E-state index contributed by atoms with van der Waals surface area (Å²) < 4.78 is 10.5. The van der Waals surface area contributed by atoms with Gasteiger partial charge in [-0.2, -0.15) is 0 Å². The summed E-state index contributed by atoms with van der Waals surface area (Å²) >= 11 is 0. The van der Waals surface area contributed by atoms with Crippen molar-refractivity contribution in [3.63, 3.8) is 0 Å². The highest BCUT2D eigenvalue weighted by atomic mass is 16.5. The van der Waals surface area contributed by atoms with Gasteiger partial charge in [-0.05, 0) is 12.8 Å². The molecule has 0 aliphatic carbocycles. The Balaban J connectivity index is 2.33. The fraction of sp³-hybridized carbons (Fsp3) is 0.636. The summed E-state index contributed by atoms with van der Waals surface area (Å²) in [4.78, 5) is 7.93. The number of nitrogens with zero attached hydrogens (tertiary/aromatic N) is 2. The lowest BCUT2D eigenvalue weighted by Crippen LogP contribution is -2.09. The highest BCUT2D eigenvalue weighted by Crippen LogP contribution is 2.25. The second-order valence-corrected chi connectivity index (χ2v) is 3.53. The second kappa shape index (κ2) is 7.67. The quantitative estimate of drug-likeness (QED) is 0.666. The van der Waals surface area contributed by atoms with Crippen molar-refractivity contribution in [2.45, 2.75) is 19.8 Å². The van der Waals surface area contributed by atoms with Gasteiger partial charge in [0.05, 0.1) is 7.11 Å². The van der Waals surface area contributed by atoms with Crippen molar-refractivity contribution in [2.24, 2.45) is 0 Å². The van der Waals surface area contributed by atoms with E-state index >= 15 is 0 Å². The summed E-state index contributed by atoms with van der Waals surface area (Å²) in [5.41, 5.74) is 5.66. The molecule has 0 unspecified atom stereocenters. The number of hydrogen-bond acceptors (Lipinski definition) is 6. The number of nitrogens with one attached hydrogen (secondary N) is 1. The molecule has 96 valence electrons. The maximum absolute atomic E-state index is 5.66. The molecule has 0 saturated carbocycles. The zero-order chi connectivity index (χ0) is 12.5. The lowest BCUT2D eigenvalue weighted by atomic mass is 10.4. The molecular formula is C11H20N4O2. The summed E-state index contributed by atoms with van der Waals surface area (Å²) in [6, 6.07) is 0. The number of hydrogen-bond donors (Lipinski definition) is 2. The number of anilines is 2. The van der Waals surface area contributed by atoms with E-state index < -0.39 is 0 Å². The first-order valence-corrected chi connectivity index (χ1v) is 5.75. The first-order chi connectivity index (χ1) is 8.29. The Labute approximate surface area is 102 Å². The van der Waals surface area contributed by atoms with Crippen molar-refractivity contribution in [1.29, 1.82) is 0 Å². The van der Waals surface area contributed by atoms with Crippen molar-refractivity contribution < 1.29 is 9.47 Å². The normalized spacial score (nSPS) is 10.2. The molecule has 0 fully saturated rings. The van der Waals surface area contributed by atoms with Crippen molar-refractivity contribution in [3.8, 4) is 5.75 Å². The van der Waals surface area contributed by atoms with Gasteiger partial charge in [0.1, 0.15) is 6.33 Å². The molecule has 6 heteroatoms. The van der Waals surface area contributed by atoms with Crippen LogP contribution in [0.3, 0.4) is 0 Å². The minimum atomic E-state index is 0.340. The average Bonchev–Trinajstić information content (AvgIpc) is 2.34. The third kappa shape index (κ3) is 4.44. The molecule has 1 rings (SSSR count). The molecule has 0 aliphatic rings. The highest BCUT2D eigenvalue weighted by Gasteiger charge is 2.08. The van der Waals surface area contributed by atoms with Gasteiger partial charge in [0.2, 0.25) is 5.75 Å². The van der Waals surface area contributed by atoms with Crippen molar-refractivity contribution in [3.05, 3.63) is 6.33 Å². The van der Waals surface area contributed by atoms with Crippen LogP contribution in [0.4, 0.5) is 11.6 Å². The van der Waals surface area contributed by atoms with Crippen molar-refractivity contribution >= 4 is 11.6 Å². The third-order valence-corrected chi connectivity index (χ3v) is 2.14. The monoisotopic (exact) mass is 240 g/mol. The molecule has 1 aromatic heterocycles. The summed E-state index contributed by atoms with van der Waals surface area (Å²) in [5, 5.41) is 3.15. The number of aromatic nitrogens is 2. The van der Waals surface area contributed by atoms with Gasteiger partial charge >= 0.3 is 0 Å². The van der Waals surface area contributed by atoms with E-state index in [0.717, 1.165) is 32.6 Å². The molecule has 0 bridgehead atoms. The Hall–Kier alpha value is -1.56. The Morgan fingerprint density at radius 2 is 2.18 bits per heavy atom. The third-order valence-electron chi connectivity index (χ3n) is 2.14. The molecule has 0 saturated heterocycles. The molecule has 0 spiro atoms. The maximum Gasteiger partial charge on any atom is 0.203 e. The Bertz CT molecular complexity index is 333. The first-order valence-electron chi connectivity index (χ1n) is 5.75. The van der Waals surface area contributed by atoms with E-state index in [1.54, 1.807) is 7.11 Å². The van der Waals surface area contributed by atoms with Gasteiger partial charge < -0.3 is 20.5 Å². The second-order valence-electron chi connectivity index (χ2n) is 3.53. The van der Waals surface area contributed by atoms with Gasteiger partial charge in [-0.15, -0.1) is 0 Å². The van der Waals surface area contributed by atoms with Crippen LogP contribution in [-0.2, 0) is 4.74 Å². The van der Waals surface area contributed by atoms with Gasteiger partial charge in [-0.3, -0.25) is 0 Å². The topological polar surface area (TPSA) is 82.3 Å². The van der Waals surface area contributed by atoms with Crippen LogP contribution in [0.1, 0.15) is 19.8 Å². The van der Waals surface area contributed by atoms with Crippen molar-refractivity contribution in [2.75, 3.05) is 37.9 Å². The standard InChI is InChI=1S/C11H20N4O2/c1-3-6-17-7-4-5-13-11-9(16-2)10(12)14-8-15-11/h8H,3-7H2,1-2H3,(H3,12,13,14,15). The van der Waals surface area contributed by atoms with E-state index in [4.69, 9.17) is 15.2 Å². The largest absolute Gasteiger partial charge is 0.490 e. The molecule has 0 aromatic carbocycles. The Morgan fingerprint density at radius 1 is 1.35 bits per heavy atom. The van der Waals surface area contributed by atoms with E-state index in [-0.39, 0.29) is 0 Å². The van der Waals surface area contributed by atoms with E-state index in [1.165, 1.54) is 6.33 Å². The van der Waals surface area contributed by atoms with Gasteiger partial charge in [0, 0.05) is 19.8 Å². The van der Waals surface area contributed by atoms with Crippen LogP contribution in [0.25, 0.3) is 0 Å². The van der Waals surface area contributed by atoms with Crippen LogP contribution in [0.5, 0.6) is 5.75 Å². The number of methoxy groups -OCH3 is 1. The Morgan fingerprint density at radius 3 is 2.88 bits per heavy atom. The van der Waals surface area contributed by atoms with E-state index in [9.17, 15) is 0 Å². The van der Waals surface area contributed by atoms with Crippen LogP contribution < -0.4 is 15.8 Å². The van der Waals surface area contributed by atoms with Gasteiger partial charge in [0.15, 0.2) is 11.6 Å². The fourth-order valence-electron chi connectivity index (χ4n) is 1.34. The van der Waals surface area contributed by atoms with Crippen LogP contribution >= 0.6 is 0 Å². The summed E-state index contributed by atoms with van der Waals surface area (Å²) in [6.07, 6.45) is 3.37. The predicted molar refractivity (Wildman–Crippen MR) is 67.2 cm³/mol. The van der Waals surface area contributed by atoms with Crippen LogP contribution in [0.2, 0.25) is 0 Å². The molecule has 0 atom stereocenters. The van der Waals surface area contributed by atoms with Crippen LogP contribution in [0, 0.1) is 0 Å². The molecular weight excluding hydrogens is 220 g/mol. The molecule has 0 aliphatic heterocycles. The van der Waals surface area contributed by atoms with Gasteiger partial charge in [-0.1, -0.05) is 6.92 Å². The highest BCUT2D eigenvalue weighted by molar-refractivity contribution is 5.61. The lowest BCUT2D eigenvalue weighted by molar-refractivity contribution is 0.134. The first kappa shape index (κ1) is 13.5. The molecule has 1 heterocycles. The SMILES string of the molecule is CCCOCCCNc1ncnc(N)c1OC. The minimum Gasteiger partial charge on any atom is -0.490 e. The van der Waals surface area contributed by atoms with Gasteiger partial charge in [-0.25, -0.2) is 9.97 Å². The lowest BCUT2D eigenvalue weighted by Gasteiger charge is -2.10. The molecule has 0 radical (unpaired) electrons. The molecule has 3 N–H and O–H groups in total. The zero-order valence-corrected chi connectivity index (χ0v) is 10.4. The predicted octanol–water partition coefficient (Wildman–Crippen LogP) is 1.30. The summed E-state index contributed by atoms with van der Waals surface area (Å²) in [7, 11) is 1.55. The van der Waals surface area contributed by atoms with Crippen LogP contribution in [-0.4, -0.2) is 36.8 Å². The van der Waals surface area contributed by atoms with E-state index in [1.807, 2.05) is 0 Å². The Kier molecular flexibility index (Phi) is 6.09. The van der Waals surface area contributed by atoms with E-state index in [2.05, 4.69) is 22.2 Å². The molecule has 6 nitrogen and oxygen atoms in total. The molecule has 0 amide bonds. The molecule has 17 heavy (non-hydrogen) atoms. The summed E-state index contributed by atoms with van der Waals surface area (Å²) in [6.45, 7) is 4.40. The summed E-state index contributed by atoms with van der Waals surface area (Å²) in [5.74, 6) is 1.45. The smallest absolute Gasteiger partial charge is 0.203 e. The van der Waals surface area contributed by atoms with Crippen LogP contribution in [0.15, 0.2) is 6.33 Å². The number of nitrogens with two attached hydrogens (primary N) is 1. The number of nitrogen functional groups attached to an aromatic ring is 1. The van der Waals surface area contributed by atoms with Gasteiger partial charge in [0.25, 0.3) is 0 Å². The van der Waals surface area contributed by atoms with Crippen molar-refractivity contribution in [1.82, 2.24) is 9.97 Å². The molecule has 1 aromatic rings.